The van der Waals surface area contributed by atoms with E-state index in [0.717, 1.165) is 31.0 Å². The highest BCUT2D eigenvalue weighted by atomic mass is 16.5. The monoisotopic (exact) mass is 277 g/mol. The Labute approximate surface area is 122 Å². The average Bonchev–Trinajstić information content (AvgIpc) is 2.85. The maximum Gasteiger partial charge on any atom is 0.119 e. The van der Waals surface area contributed by atoms with E-state index in [1.807, 2.05) is 24.3 Å². The van der Waals surface area contributed by atoms with Crippen molar-refractivity contribution >= 4 is 0 Å². The zero-order valence-corrected chi connectivity index (χ0v) is 12.7. The number of likely N-dealkylation sites (tertiary alicyclic amines) is 1. The molecule has 1 unspecified atom stereocenters. The summed E-state index contributed by atoms with van der Waals surface area (Å²) in [6.07, 6.45) is 2.65. The van der Waals surface area contributed by atoms with Crippen molar-refractivity contribution in [3.63, 3.8) is 0 Å². The Morgan fingerprint density at radius 1 is 1.35 bits per heavy atom. The highest BCUT2D eigenvalue weighted by Gasteiger charge is 2.21. The van der Waals surface area contributed by atoms with Crippen LogP contribution in [0.15, 0.2) is 24.3 Å². The molecule has 1 saturated heterocycles. The summed E-state index contributed by atoms with van der Waals surface area (Å²) in [5.74, 6) is 0.925. The standard InChI is InChI=1S/C16H27N3O/c1-18(13-15-4-3-9-19(15)2)10-11-20-16-7-5-14(12-17)6-8-16/h5-8,15H,3-4,9-13,17H2,1-2H3. The lowest BCUT2D eigenvalue weighted by molar-refractivity contribution is 0.190. The molecule has 4 nitrogen and oxygen atoms in total. The van der Waals surface area contributed by atoms with Crippen LogP contribution in [-0.4, -0.2) is 56.2 Å². The van der Waals surface area contributed by atoms with Crippen molar-refractivity contribution in [2.75, 3.05) is 40.3 Å². The van der Waals surface area contributed by atoms with Gasteiger partial charge in [0.15, 0.2) is 0 Å². The van der Waals surface area contributed by atoms with Gasteiger partial charge < -0.3 is 20.3 Å². The van der Waals surface area contributed by atoms with E-state index in [2.05, 4.69) is 23.9 Å². The second kappa shape index (κ2) is 7.62. The quantitative estimate of drug-likeness (QED) is 0.821. The Hall–Kier alpha value is -1.10. The van der Waals surface area contributed by atoms with Gasteiger partial charge in [0.1, 0.15) is 12.4 Å². The fourth-order valence-corrected chi connectivity index (χ4v) is 2.70. The molecule has 0 aromatic heterocycles. The summed E-state index contributed by atoms with van der Waals surface area (Å²) in [7, 11) is 4.40. The van der Waals surface area contributed by atoms with Gasteiger partial charge in [-0.25, -0.2) is 0 Å². The van der Waals surface area contributed by atoms with Crippen LogP contribution in [0, 0.1) is 0 Å². The van der Waals surface area contributed by atoms with Gasteiger partial charge in [-0.15, -0.1) is 0 Å². The van der Waals surface area contributed by atoms with Gasteiger partial charge in [0.05, 0.1) is 0 Å². The molecule has 2 rings (SSSR count). The van der Waals surface area contributed by atoms with Crippen molar-refractivity contribution < 1.29 is 4.74 Å². The van der Waals surface area contributed by atoms with Gasteiger partial charge in [0.2, 0.25) is 0 Å². The maximum absolute atomic E-state index is 5.77. The fraction of sp³-hybridized carbons (Fsp3) is 0.625. The Morgan fingerprint density at radius 2 is 2.10 bits per heavy atom. The summed E-state index contributed by atoms with van der Waals surface area (Å²) in [5, 5.41) is 0. The van der Waals surface area contributed by atoms with E-state index < -0.39 is 0 Å². The molecule has 1 aromatic carbocycles. The highest BCUT2D eigenvalue weighted by Crippen LogP contribution is 2.15. The van der Waals surface area contributed by atoms with Gasteiger partial charge in [0, 0.05) is 25.7 Å². The summed E-state index contributed by atoms with van der Waals surface area (Å²) < 4.78 is 5.77. The predicted octanol–water partition coefficient (Wildman–Crippen LogP) is 1.55. The zero-order chi connectivity index (χ0) is 14.4. The molecular formula is C16H27N3O. The number of rotatable bonds is 7. The van der Waals surface area contributed by atoms with Crippen molar-refractivity contribution in [2.45, 2.75) is 25.4 Å². The topological polar surface area (TPSA) is 41.7 Å². The molecule has 0 aliphatic carbocycles. The summed E-state index contributed by atoms with van der Waals surface area (Å²) in [5.41, 5.74) is 6.71. The molecule has 1 aromatic rings. The van der Waals surface area contributed by atoms with Crippen LogP contribution in [0.3, 0.4) is 0 Å². The minimum Gasteiger partial charge on any atom is -0.492 e. The number of benzene rings is 1. The first-order chi connectivity index (χ1) is 9.69. The molecule has 0 spiro atoms. The van der Waals surface area contributed by atoms with Gasteiger partial charge in [0.25, 0.3) is 0 Å². The van der Waals surface area contributed by atoms with Gasteiger partial charge >= 0.3 is 0 Å². The number of hydrogen-bond donors (Lipinski definition) is 1. The van der Waals surface area contributed by atoms with Crippen LogP contribution in [0.25, 0.3) is 0 Å². The summed E-state index contributed by atoms with van der Waals surface area (Å²) in [4.78, 5) is 4.82. The van der Waals surface area contributed by atoms with E-state index in [1.54, 1.807) is 0 Å². The van der Waals surface area contributed by atoms with Crippen LogP contribution in [0.2, 0.25) is 0 Å². The lowest BCUT2D eigenvalue weighted by Gasteiger charge is -2.25. The minimum atomic E-state index is 0.581. The second-order valence-corrected chi connectivity index (χ2v) is 5.74. The van der Waals surface area contributed by atoms with Crippen LogP contribution >= 0.6 is 0 Å². The largest absolute Gasteiger partial charge is 0.492 e. The molecule has 20 heavy (non-hydrogen) atoms. The van der Waals surface area contributed by atoms with Crippen molar-refractivity contribution in [3.8, 4) is 5.75 Å². The summed E-state index contributed by atoms with van der Waals surface area (Å²) >= 11 is 0. The van der Waals surface area contributed by atoms with E-state index >= 15 is 0 Å². The number of nitrogens with two attached hydrogens (primary N) is 1. The first-order valence-corrected chi connectivity index (χ1v) is 7.49. The number of ether oxygens (including phenoxy) is 1. The van der Waals surface area contributed by atoms with Crippen molar-refractivity contribution in [1.82, 2.24) is 9.80 Å². The van der Waals surface area contributed by atoms with Crippen LogP contribution < -0.4 is 10.5 Å². The van der Waals surface area contributed by atoms with Crippen molar-refractivity contribution in [1.29, 1.82) is 0 Å². The predicted molar refractivity (Wildman–Crippen MR) is 83.0 cm³/mol. The number of nitrogens with zero attached hydrogens (tertiary/aromatic N) is 2. The van der Waals surface area contributed by atoms with Crippen LogP contribution in [0.4, 0.5) is 0 Å². The van der Waals surface area contributed by atoms with Gasteiger partial charge in [-0.2, -0.15) is 0 Å². The number of hydrogen-bond acceptors (Lipinski definition) is 4. The zero-order valence-electron chi connectivity index (χ0n) is 12.7. The molecular weight excluding hydrogens is 250 g/mol. The first kappa shape index (κ1) is 15.3. The van der Waals surface area contributed by atoms with E-state index in [1.165, 1.54) is 19.4 Å². The average molecular weight is 277 g/mol. The molecule has 0 radical (unpaired) electrons. The molecule has 1 heterocycles. The molecule has 1 aliphatic rings. The fourth-order valence-electron chi connectivity index (χ4n) is 2.70. The van der Waals surface area contributed by atoms with Crippen molar-refractivity contribution in [2.24, 2.45) is 5.73 Å². The third-order valence-electron chi connectivity index (χ3n) is 4.09. The number of likely N-dealkylation sites (N-methyl/N-ethyl adjacent to an activating group) is 2. The molecule has 0 bridgehead atoms. The molecule has 2 N–H and O–H groups in total. The van der Waals surface area contributed by atoms with Gasteiger partial charge in [-0.3, -0.25) is 0 Å². The van der Waals surface area contributed by atoms with Crippen molar-refractivity contribution in [3.05, 3.63) is 29.8 Å². The van der Waals surface area contributed by atoms with E-state index in [-0.39, 0.29) is 0 Å². The first-order valence-electron chi connectivity index (χ1n) is 7.49. The highest BCUT2D eigenvalue weighted by molar-refractivity contribution is 5.27. The Kier molecular flexibility index (Phi) is 5.83. The maximum atomic E-state index is 5.77. The molecule has 1 fully saturated rings. The third kappa shape index (κ3) is 4.47. The van der Waals surface area contributed by atoms with Crippen LogP contribution in [-0.2, 0) is 6.54 Å². The summed E-state index contributed by atoms with van der Waals surface area (Å²) in [6.45, 7) is 4.64. The minimum absolute atomic E-state index is 0.581. The normalized spacial score (nSPS) is 19.7. The smallest absolute Gasteiger partial charge is 0.119 e. The van der Waals surface area contributed by atoms with Crippen LogP contribution in [0.5, 0.6) is 5.75 Å². The Bertz CT molecular complexity index is 393. The molecule has 112 valence electrons. The van der Waals surface area contributed by atoms with Crippen LogP contribution in [0.1, 0.15) is 18.4 Å². The summed E-state index contributed by atoms with van der Waals surface area (Å²) in [6, 6.07) is 8.74. The molecule has 0 saturated carbocycles. The lowest BCUT2D eigenvalue weighted by Crippen LogP contribution is -2.38. The molecule has 4 heteroatoms. The molecule has 1 atom stereocenters. The Balaban J connectivity index is 1.66. The van der Waals surface area contributed by atoms with Gasteiger partial charge in [-0.1, -0.05) is 12.1 Å². The third-order valence-corrected chi connectivity index (χ3v) is 4.09. The Morgan fingerprint density at radius 3 is 2.70 bits per heavy atom. The lowest BCUT2D eigenvalue weighted by atomic mass is 10.2. The van der Waals surface area contributed by atoms with E-state index in [4.69, 9.17) is 10.5 Å². The van der Waals surface area contributed by atoms with E-state index in [9.17, 15) is 0 Å². The SMILES string of the molecule is CN(CCOc1ccc(CN)cc1)CC1CCCN1C. The second-order valence-electron chi connectivity index (χ2n) is 5.74. The molecule has 1 aliphatic heterocycles. The van der Waals surface area contributed by atoms with Gasteiger partial charge in [-0.05, 0) is 51.2 Å². The van der Waals surface area contributed by atoms with E-state index in [0.29, 0.717) is 12.6 Å². The molecule has 0 amide bonds.